The van der Waals surface area contributed by atoms with Crippen LogP contribution in [0.25, 0.3) is 11.5 Å². The summed E-state index contributed by atoms with van der Waals surface area (Å²) in [7, 11) is 0. The molecule has 4 heterocycles. The third-order valence-corrected chi connectivity index (χ3v) is 5.41. The van der Waals surface area contributed by atoms with Crippen LogP contribution in [-0.2, 0) is 4.79 Å². The summed E-state index contributed by atoms with van der Waals surface area (Å²) in [5.74, 6) is 1.91. The summed E-state index contributed by atoms with van der Waals surface area (Å²) < 4.78 is 8.81. The maximum absolute atomic E-state index is 12.6. The number of nitrogens with zero attached hydrogens (tertiary/aromatic N) is 6. The van der Waals surface area contributed by atoms with Crippen molar-refractivity contribution in [2.45, 2.75) is 33.1 Å². The van der Waals surface area contributed by atoms with E-state index >= 15 is 0 Å². The summed E-state index contributed by atoms with van der Waals surface area (Å²) in [4.78, 5) is 12.6. The van der Waals surface area contributed by atoms with E-state index < -0.39 is 0 Å². The van der Waals surface area contributed by atoms with Gasteiger partial charge in [0.25, 0.3) is 0 Å². The van der Waals surface area contributed by atoms with Crippen LogP contribution < -0.4 is 10.1 Å². The van der Waals surface area contributed by atoms with Gasteiger partial charge in [-0.1, -0.05) is 6.07 Å². The highest BCUT2D eigenvalue weighted by molar-refractivity contribution is 5.95. The number of hydrogen-bond donors (Lipinski definition) is 2. The third-order valence-electron chi connectivity index (χ3n) is 5.41. The van der Waals surface area contributed by atoms with Crippen LogP contribution in [0.5, 0.6) is 11.5 Å². The van der Waals surface area contributed by atoms with Gasteiger partial charge in [-0.2, -0.15) is 14.3 Å². The van der Waals surface area contributed by atoms with E-state index in [1.807, 2.05) is 32.9 Å². The number of aromatic nitrogens is 6. The number of phenolic OH excluding ortho intramolecular Hbond substituents is 1. The predicted octanol–water partition coefficient (Wildman–Crippen LogP) is 2.51. The van der Waals surface area contributed by atoms with Crippen LogP contribution in [0.3, 0.4) is 0 Å². The Balaban J connectivity index is 1.64. The molecule has 0 spiro atoms. The van der Waals surface area contributed by atoms with E-state index in [4.69, 9.17) is 4.74 Å². The van der Waals surface area contributed by atoms with Gasteiger partial charge >= 0.3 is 0 Å². The molecule has 0 radical (unpaired) electrons. The summed E-state index contributed by atoms with van der Waals surface area (Å²) >= 11 is 0. The number of fused-ring (bicyclic) bond motifs is 2. The lowest BCUT2D eigenvalue weighted by molar-refractivity contribution is -0.116. The molecule has 1 aliphatic heterocycles. The summed E-state index contributed by atoms with van der Waals surface area (Å²) in [6.45, 7) is 6.01. The zero-order valence-corrected chi connectivity index (χ0v) is 17.3. The van der Waals surface area contributed by atoms with Crippen molar-refractivity contribution >= 4 is 17.4 Å². The quantitative estimate of drug-likeness (QED) is 0.521. The number of aromatic hydroxyl groups is 1. The summed E-state index contributed by atoms with van der Waals surface area (Å²) in [6.07, 6.45) is 0.271. The number of carbonyl (C=O) groups excluding carboxylic acids is 1. The Morgan fingerprint density at radius 1 is 1.19 bits per heavy atom. The fourth-order valence-corrected chi connectivity index (χ4v) is 4.02. The smallest absolute Gasteiger partial charge is 0.226 e. The minimum Gasteiger partial charge on any atom is -0.504 e. The van der Waals surface area contributed by atoms with Crippen molar-refractivity contribution in [3.05, 3.63) is 53.0 Å². The van der Waals surface area contributed by atoms with Gasteiger partial charge in [0.2, 0.25) is 5.91 Å². The highest BCUT2D eigenvalue weighted by Gasteiger charge is 2.33. The van der Waals surface area contributed by atoms with Gasteiger partial charge in [-0.15, -0.1) is 15.3 Å². The number of anilines is 1. The number of ether oxygens (including phenoxy) is 1. The van der Waals surface area contributed by atoms with E-state index in [2.05, 4.69) is 25.7 Å². The Morgan fingerprint density at radius 3 is 2.84 bits per heavy atom. The van der Waals surface area contributed by atoms with Crippen molar-refractivity contribution in [2.24, 2.45) is 0 Å². The molecule has 0 bridgehead atoms. The molecule has 0 fully saturated rings. The number of hydrogen-bond acceptors (Lipinski definition) is 7. The Morgan fingerprint density at radius 2 is 2.03 bits per heavy atom. The number of phenols is 1. The largest absolute Gasteiger partial charge is 0.504 e. The lowest BCUT2D eigenvalue weighted by atomic mass is 9.85. The highest BCUT2D eigenvalue weighted by Crippen LogP contribution is 2.42. The molecular formula is C21H21N7O3. The van der Waals surface area contributed by atoms with E-state index in [9.17, 15) is 9.90 Å². The van der Waals surface area contributed by atoms with E-state index in [1.54, 1.807) is 27.4 Å². The van der Waals surface area contributed by atoms with Gasteiger partial charge in [-0.05, 0) is 50.6 Å². The van der Waals surface area contributed by atoms with Crippen LogP contribution in [0.4, 0.5) is 5.82 Å². The van der Waals surface area contributed by atoms with Crippen LogP contribution in [0.2, 0.25) is 0 Å². The molecule has 10 nitrogen and oxygen atoms in total. The average molecular weight is 419 g/mol. The molecule has 0 unspecified atom stereocenters. The lowest BCUT2D eigenvalue weighted by Gasteiger charge is -2.24. The van der Waals surface area contributed by atoms with Gasteiger partial charge in [-0.25, -0.2) is 0 Å². The molecule has 5 rings (SSSR count). The molecule has 1 aromatic carbocycles. The van der Waals surface area contributed by atoms with Crippen molar-refractivity contribution in [1.82, 2.24) is 29.6 Å². The molecule has 3 aromatic heterocycles. The molecule has 0 saturated heterocycles. The second kappa shape index (κ2) is 7.08. The van der Waals surface area contributed by atoms with Gasteiger partial charge in [0, 0.05) is 17.9 Å². The first-order valence-electron chi connectivity index (χ1n) is 10.0. The normalized spacial score (nSPS) is 15.7. The van der Waals surface area contributed by atoms with Crippen LogP contribution in [0.15, 0.2) is 30.3 Å². The summed E-state index contributed by atoms with van der Waals surface area (Å²) in [5.41, 5.74) is 3.20. The van der Waals surface area contributed by atoms with Gasteiger partial charge in [0.15, 0.2) is 28.8 Å². The maximum atomic E-state index is 12.6. The summed E-state index contributed by atoms with van der Waals surface area (Å²) in [6, 6.07) is 8.79. The van der Waals surface area contributed by atoms with Crippen molar-refractivity contribution in [3.8, 4) is 17.3 Å². The number of aryl methyl sites for hydroxylation is 2. The van der Waals surface area contributed by atoms with Crippen molar-refractivity contribution in [3.63, 3.8) is 0 Å². The number of nitrogens with one attached hydrogen (secondary N) is 1. The average Bonchev–Trinajstić information content (AvgIpc) is 3.29. The van der Waals surface area contributed by atoms with E-state index in [-0.39, 0.29) is 24.0 Å². The first-order valence-corrected chi connectivity index (χ1v) is 10.0. The van der Waals surface area contributed by atoms with Gasteiger partial charge in [0.05, 0.1) is 12.3 Å². The fourth-order valence-electron chi connectivity index (χ4n) is 4.02. The van der Waals surface area contributed by atoms with E-state index in [1.165, 1.54) is 0 Å². The fraction of sp³-hybridized carbons (Fsp3) is 0.286. The molecule has 1 aliphatic rings. The van der Waals surface area contributed by atoms with Crippen LogP contribution in [0, 0.1) is 13.8 Å². The van der Waals surface area contributed by atoms with Crippen molar-refractivity contribution < 1.29 is 14.6 Å². The van der Waals surface area contributed by atoms with Gasteiger partial charge < -0.3 is 15.2 Å². The standard InChI is InChI=1S/C21H21N7O3/c1-4-31-16-9-13(5-6-15(16)29)14-10-19(30)22-21-20(14)11(2)25-28(21)18-8-7-17-24-23-12(3)27(17)26-18/h5-9,14,29H,4,10H2,1-3H3,(H,22,30)/t14-/m1/s1. The second-order valence-corrected chi connectivity index (χ2v) is 7.43. The highest BCUT2D eigenvalue weighted by atomic mass is 16.5. The molecular weight excluding hydrogens is 398 g/mol. The predicted molar refractivity (Wildman–Crippen MR) is 112 cm³/mol. The van der Waals surface area contributed by atoms with E-state index in [0.717, 1.165) is 16.8 Å². The first-order chi connectivity index (χ1) is 15.0. The monoisotopic (exact) mass is 419 g/mol. The molecule has 4 aromatic rings. The Kier molecular flexibility index (Phi) is 4.35. The molecule has 1 atom stereocenters. The zero-order valence-electron chi connectivity index (χ0n) is 17.3. The van der Waals surface area contributed by atoms with Crippen LogP contribution in [-0.4, -0.2) is 47.2 Å². The molecule has 2 N–H and O–H groups in total. The van der Waals surface area contributed by atoms with Gasteiger partial charge in [0.1, 0.15) is 5.82 Å². The van der Waals surface area contributed by atoms with Crippen LogP contribution in [0.1, 0.15) is 41.9 Å². The number of rotatable bonds is 4. The molecule has 31 heavy (non-hydrogen) atoms. The van der Waals surface area contributed by atoms with Gasteiger partial charge in [-0.3, -0.25) is 4.79 Å². The number of carbonyl (C=O) groups is 1. The first kappa shape index (κ1) is 19.0. The maximum Gasteiger partial charge on any atom is 0.226 e. The Bertz CT molecular complexity index is 1320. The minimum atomic E-state index is -0.224. The minimum absolute atomic E-state index is 0.0697. The van der Waals surface area contributed by atoms with Crippen molar-refractivity contribution in [2.75, 3.05) is 11.9 Å². The number of amides is 1. The van der Waals surface area contributed by atoms with Crippen molar-refractivity contribution in [1.29, 1.82) is 0 Å². The molecule has 1 amide bonds. The zero-order chi connectivity index (χ0) is 21.7. The third kappa shape index (κ3) is 3.07. The molecule has 158 valence electrons. The number of benzene rings is 1. The topological polar surface area (TPSA) is 119 Å². The Labute approximate surface area is 177 Å². The molecule has 10 heteroatoms. The second-order valence-electron chi connectivity index (χ2n) is 7.43. The Hall–Kier alpha value is -3.95. The lowest BCUT2D eigenvalue weighted by Crippen LogP contribution is -2.25. The SMILES string of the molecule is CCOc1cc([C@H]2CC(=O)Nc3c2c(C)nn3-c2ccc3nnc(C)n3n2)ccc1O. The molecule has 0 aliphatic carbocycles. The van der Waals surface area contributed by atoms with Crippen LogP contribution >= 0.6 is 0 Å². The van der Waals surface area contributed by atoms with E-state index in [0.29, 0.717) is 35.5 Å². The molecule has 0 saturated carbocycles. The summed E-state index contributed by atoms with van der Waals surface area (Å²) in [5, 5.41) is 30.4.